The Morgan fingerprint density at radius 2 is 1.87 bits per heavy atom. The van der Waals surface area contributed by atoms with Crippen LogP contribution in [0.4, 0.5) is 18.9 Å². The average molecular weight is 417 g/mol. The molecule has 1 amide bonds. The van der Waals surface area contributed by atoms with Crippen molar-refractivity contribution < 1.29 is 22.7 Å². The zero-order chi connectivity index (χ0) is 21.7. The number of piperidine rings is 1. The first kappa shape index (κ1) is 21.5. The molecule has 1 N–H and O–H groups in total. The van der Waals surface area contributed by atoms with E-state index in [-0.39, 0.29) is 23.1 Å². The fourth-order valence-electron chi connectivity index (χ4n) is 3.56. The molecule has 158 valence electrons. The lowest BCUT2D eigenvalue weighted by atomic mass is 9.94. The molecule has 1 aliphatic heterocycles. The number of carbonyl (C=O) groups is 1. The van der Waals surface area contributed by atoms with Crippen molar-refractivity contribution in [3.8, 4) is 11.8 Å². The summed E-state index contributed by atoms with van der Waals surface area (Å²) in [6.45, 7) is 1.02. The lowest BCUT2D eigenvalue weighted by Crippen LogP contribution is -2.41. The van der Waals surface area contributed by atoms with E-state index in [1.807, 2.05) is 30.3 Å². The molecule has 30 heavy (non-hydrogen) atoms. The number of nitriles is 1. The van der Waals surface area contributed by atoms with Gasteiger partial charge in [-0.3, -0.25) is 4.79 Å². The van der Waals surface area contributed by atoms with Gasteiger partial charge in [-0.05, 0) is 48.7 Å². The number of hydrogen-bond donors (Lipinski definition) is 1. The van der Waals surface area contributed by atoms with E-state index in [0.717, 1.165) is 17.4 Å². The normalized spacial score (nSPS) is 14.8. The van der Waals surface area contributed by atoms with E-state index < -0.39 is 11.7 Å². The molecule has 0 spiro atoms. The van der Waals surface area contributed by atoms with Crippen LogP contribution in [0.1, 0.15) is 29.5 Å². The van der Waals surface area contributed by atoms with Crippen LogP contribution >= 0.6 is 0 Å². The topological polar surface area (TPSA) is 65.4 Å². The molecule has 1 heterocycles. The molecule has 0 aromatic heterocycles. The average Bonchev–Trinajstić information content (AvgIpc) is 2.76. The third-order valence-electron chi connectivity index (χ3n) is 5.26. The Morgan fingerprint density at radius 1 is 1.20 bits per heavy atom. The molecule has 0 radical (unpaired) electrons. The largest absolute Gasteiger partial charge is 0.497 e. The molecule has 0 unspecified atom stereocenters. The van der Waals surface area contributed by atoms with E-state index in [9.17, 15) is 18.0 Å². The van der Waals surface area contributed by atoms with Gasteiger partial charge in [0.2, 0.25) is 5.91 Å². The van der Waals surface area contributed by atoms with E-state index in [2.05, 4.69) is 5.32 Å². The monoisotopic (exact) mass is 417 g/mol. The molecule has 0 atom stereocenters. The summed E-state index contributed by atoms with van der Waals surface area (Å²) in [5.41, 5.74) is 0.352. The lowest BCUT2D eigenvalue weighted by molar-refractivity contribution is -0.137. The van der Waals surface area contributed by atoms with E-state index >= 15 is 0 Å². The predicted octanol–water partition coefficient (Wildman–Crippen LogP) is 4.12. The summed E-state index contributed by atoms with van der Waals surface area (Å²) in [4.78, 5) is 14.1. The minimum absolute atomic E-state index is 0.00126. The van der Waals surface area contributed by atoms with E-state index in [1.165, 1.54) is 12.1 Å². The van der Waals surface area contributed by atoms with Gasteiger partial charge >= 0.3 is 6.18 Å². The maximum absolute atomic E-state index is 13.4. The van der Waals surface area contributed by atoms with Gasteiger partial charge in [-0.2, -0.15) is 18.4 Å². The molecule has 1 saturated heterocycles. The number of benzene rings is 2. The van der Waals surface area contributed by atoms with Gasteiger partial charge in [0.25, 0.3) is 0 Å². The van der Waals surface area contributed by atoms with Gasteiger partial charge in [0, 0.05) is 25.6 Å². The van der Waals surface area contributed by atoms with Crippen LogP contribution in [-0.2, 0) is 17.5 Å². The van der Waals surface area contributed by atoms with Crippen molar-refractivity contribution in [2.75, 3.05) is 25.1 Å². The molecule has 2 aromatic rings. The SMILES string of the molecule is COc1ccc(CNC(=O)C2CCN(c3cc(C#N)ccc3C(F)(F)F)CC2)cc1. The number of anilines is 1. The lowest BCUT2D eigenvalue weighted by Gasteiger charge is -2.34. The molecule has 0 aliphatic carbocycles. The highest BCUT2D eigenvalue weighted by Crippen LogP contribution is 2.38. The molecule has 5 nitrogen and oxygen atoms in total. The maximum atomic E-state index is 13.4. The van der Waals surface area contributed by atoms with Crippen LogP contribution in [0, 0.1) is 17.2 Å². The summed E-state index contributed by atoms with van der Waals surface area (Å²) < 4.78 is 45.2. The Morgan fingerprint density at radius 3 is 2.43 bits per heavy atom. The number of nitrogens with zero attached hydrogens (tertiary/aromatic N) is 2. The minimum atomic E-state index is -4.50. The summed E-state index contributed by atoms with van der Waals surface area (Å²) in [5, 5.41) is 11.9. The van der Waals surface area contributed by atoms with Crippen molar-refractivity contribution in [2.45, 2.75) is 25.6 Å². The third-order valence-corrected chi connectivity index (χ3v) is 5.26. The van der Waals surface area contributed by atoms with Gasteiger partial charge in [0.05, 0.1) is 30.0 Å². The van der Waals surface area contributed by atoms with Crippen LogP contribution in [0.2, 0.25) is 0 Å². The molecule has 8 heteroatoms. The van der Waals surface area contributed by atoms with Crippen molar-refractivity contribution in [2.24, 2.45) is 5.92 Å². The van der Waals surface area contributed by atoms with Crippen molar-refractivity contribution in [1.29, 1.82) is 5.26 Å². The Labute approximate surface area is 173 Å². The minimum Gasteiger partial charge on any atom is -0.497 e. The van der Waals surface area contributed by atoms with Gasteiger partial charge in [0.1, 0.15) is 5.75 Å². The summed E-state index contributed by atoms with van der Waals surface area (Å²) in [5.74, 6) is 0.372. The predicted molar refractivity (Wildman–Crippen MR) is 106 cm³/mol. The van der Waals surface area contributed by atoms with Crippen LogP contribution in [-0.4, -0.2) is 26.1 Å². The van der Waals surface area contributed by atoms with Gasteiger partial charge in [0.15, 0.2) is 0 Å². The fourth-order valence-corrected chi connectivity index (χ4v) is 3.56. The standard InChI is InChI=1S/C22H22F3N3O2/c1-30-18-5-2-15(3-6-18)14-27-21(29)17-8-10-28(11-9-17)20-12-16(13-26)4-7-19(20)22(23,24)25/h2-7,12,17H,8-11,14H2,1H3,(H,27,29). The first-order chi connectivity index (χ1) is 14.3. The Hall–Kier alpha value is -3.21. The van der Waals surface area contributed by atoms with Gasteiger partial charge in [-0.25, -0.2) is 0 Å². The molecular weight excluding hydrogens is 395 g/mol. The van der Waals surface area contributed by atoms with E-state index in [4.69, 9.17) is 10.00 Å². The van der Waals surface area contributed by atoms with Crippen LogP contribution < -0.4 is 15.0 Å². The van der Waals surface area contributed by atoms with Crippen LogP contribution in [0.15, 0.2) is 42.5 Å². The second kappa shape index (κ2) is 9.08. The summed E-state index contributed by atoms with van der Waals surface area (Å²) >= 11 is 0. The second-order valence-corrected chi connectivity index (χ2v) is 7.17. The number of alkyl halides is 3. The smallest absolute Gasteiger partial charge is 0.418 e. The number of methoxy groups -OCH3 is 1. The van der Waals surface area contributed by atoms with E-state index in [0.29, 0.717) is 32.5 Å². The molecule has 0 bridgehead atoms. The highest BCUT2D eigenvalue weighted by molar-refractivity contribution is 5.79. The summed E-state index contributed by atoms with van der Waals surface area (Å²) in [6.07, 6.45) is -3.61. The van der Waals surface area contributed by atoms with Crippen LogP contribution in [0.5, 0.6) is 5.75 Å². The van der Waals surface area contributed by atoms with Crippen molar-refractivity contribution in [3.05, 3.63) is 59.2 Å². The maximum Gasteiger partial charge on any atom is 0.418 e. The quantitative estimate of drug-likeness (QED) is 0.795. The fraction of sp³-hybridized carbons (Fsp3) is 0.364. The first-order valence-corrected chi connectivity index (χ1v) is 9.58. The van der Waals surface area contributed by atoms with Gasteiger partial charge in [-0.1, -0.05) is 12.1 Å². The number of hydrogen-bond acceptors (Lipinski definition) is 4. The van der Waals surface area contributed by atoms with Crippen LogP contribution in [0.3, 0.4) is 0 Å². The Kier molecular flexibility index (Phi) is 6.50. The number of nitrogens with one attached hydrogen (secondary N) is 1. The highest BCUT2D eigenvalue weighted by Gasteiger charge is 2.36. The molecular formula is C22H22F3N3O2. The molecule has 1 aliphatic rings. The first-order valence-electron chi connectivity index (χ1n) is 9.58. The van der Waals surface area contributed by atoms with Crippen molar-refractivity contribution in [1.82, 2.24) is 5.32 Å². The number of ether oxygens (including phenoxy) is 1. The Balaban J connectivity index is 1.60. The summed E-state index contributed by atoms with van der Waals surface area (Å²) in [6, 6.07) is 12.6. The molecule has 2 aromatic carbocycles. The molecule has 3 rings (SSSR count). The number of rotatable bonds is 5. The highest BCUT2D eigenvalue weighted by atomic mass is 19.4. The molecule has 1 fully saturated rings. The zero-order valence-electron chi connectivity index (χ0n) is 16.5. The van der Waals surface area contributed by atoms with Crippen LogP contribution in [0.25, 0.3) is 0 Å². The number of halogens is 3. The van der Waals surface area contributed by atoms with Gasteiger partial charge in [-0.15, -0.1) is 0 Å². The van der Waals surface area contributed by atoms with Crippen molar-refractivity contribution in [3.63, 3.8) is 0 Å². The number of amides is 1. The van der Waals surface area contributed by atoms with E-state index in [1.54, 1.807) is 12.0 Å². The third kappa shape index (κ3) is 5.03. The second-order valence-electron chi connectivity index (χ2n) is 7.17. The van der Waals surface area contributed by atoms with Crippen molar-refractivity contribution >= 4 is 11.6 Å². The summed E-state index contributed by atoms with van der Waals surface area (Å²) in [7, 11) is 1.58. The zero-order valence-corrected chi connectivity index (χ0v) is 16.5. The van der Waals surface area contributed by atoms with Gasteiger partial charge < -0.3 is 15.0 Å². The molecule has 0 saturated carbocycles. The Bertz CT molecular complexity index is 928. The number of carbonyl (C=O) groups excluding carboxylic acids is 1.